The van der Waals surface area contributed by atoms with Gasteiger partial charge in [0.2, 0.25) is 5.16 Å². The summed E-state index contributed by atoms with van der Waals surface area (Å²) in [4.78, 5) is 14.7. The Morgan fingerprint density at radius 2 is 2.33 bits per heavy atom. The summed E-state index contributed by atoms with van der Waals surface area (Å²) in [6, 6.07) is 0. The van der Waals surface area contributed by atoms with E-state index < -0.39 is 5.97 Å². The average molecular weight is 185 g/mol. The predicted octanol–water partition coefficient (Wildman–Crippen LogP) is 0.380. The molecule has 0 aliphatic carbocycles. The van der Waals surface area contributed by atoms with Crippen LogP contribution in [0.5, 0.6) is 0 Å². The number of carbonyl (C=O) groups is 1. The van der Waals surface area contributed by atoms with Crippen LogP contribution in [0.25, 0.3) is 0 Å². The van der Waals surface area contributed by atoms with Crippen LogP contribution >= 0.6 is 11.8 Å². The second kappa shape index (κ2) is 4.01. The highest BCUT2D eigenvalue weighted by Gasteiger charge is 2.07. The molecule has 0 atom stereocenters. The minimum Gasteiger partial charge on any atom is -0.464 e. The summed E-state index contributed by atoms with van der Waals surface area (Å²) >= 11 is 1.36. The molecule has 0 radical (unpaired) electrons. The fourth-order valence-electron chi connectivity index (χ4n) is 0.556. The van der Waals surface area contributed by atoms with Crippen molar-refractivity contribution in [3.63, 3.8) is 0 Å². The Morgan fingerprint density at radius 3 is 2.75 bits per heavy atom. The maximum Gasteiger partial charge on any atom is 0.360 e. The molecule has 6 heteroatoms. The van der Waals surface area contributed by atoms with Gasteiger partial charge in [-0.25, -0.2) is 9.78 Å². The molecule has 0 bridgehead atoms. The lowest BCUT2D eigenvalue weighted by atomic mass is 10.5. The maximum atomic E-state index is 10.8. The van der Waals surface area contributed by atoms with Crippen LogP contribution < -0.4 is 0 Å². The second-order valence-corrected chi connectivity index (χ2v) is 2.60. The van der Waals surface area contributed by atoms with Crippen molar-refractivity contribution in [3.05, 3.63) is 11.9 Å². The number of ether oxygens (including phenoxy) is 1. The lowest BCUT2D eigenvalue weighted by molar-refractivity contribution is 0.0591. The molecule has 12 heavy (non-hydrogen) atoms. The summed E-state index contributed by atoms with van der Waals surface area (Å²) in [6.45, 7) is 0. The minimum absolute atomic E-state index is 0.121. The molecule has 1 heterocycles. The molecule has 0 N–H and O–H groups in total. The summed E-state index contributed by atoms with van der Waals surface area (Å²) in [7, 11) is 1.28. The van der Waals surface area contributed by atoms with Crippen molar-refractivity contribution in [2.75, 3.05) is 13.4 Å². The van der Waals surface area contributed by atoms with E-state index in [0.717, 1.165) is 0 Å². The van der Waals surface area contributed by atoms with Gasteiger partial charge in [0.15, 0.2) is 5.69 Å². The Morgan fingerprint density at radius 1 is 1.58 bits per heavy atom. The van der Waals surface area contributed by atoms with Gasteiger partial charge < -0.3 is 4.74 Å². The van der Waals surface area contributed by atoms with E-state index in [2.05, 4.69) is 19.9 Å². The summed E-state index contributed by atoms with van der Waals surface area (Å²) < 4.78 is 4.42. The SMILES string of the molecule is COC(=O)c1cnc(SC)nn1. The van der Waals surface area contributed by atoms with Gasteiger partial charge in [0.1, 0.15) is 0 Å². The highest BCUT2D eigenvalue weighted by molar-refractivity contribution is 7.98. The molecule has 64 valence electrons. The van der Waals surface area contributed by atoms with Crippen LogP contribution in [0.3, 0.4) is 0 Å². The first-order chi connectivity index (χ1) is 5.77. The monoisotopic (exact) mass is 185 g/mol. The average Bonchev–Trinajstić information content (AvgIpc) is 2.17. The van der Waals surface area contributed by atoms with Gasteiger partial charge in [0.25, 0.3) is 0 Å². The van der Waals surface area contributed by atoms with Crippen LogP contribution in [0.2, 0.25) is 0 Å². The smallest absolute Gasteiger partial charge is 0.360 e. The van der Waals surface area contributed by atoms with Gasteiger partial charge in [-0.05, 0) is 6.26 Å². The quantitative estimate of drug-likeness (QED) is 0.490. The van der Waals surface area contributed by atoms with Crippen LogP contribution in [-0.4, -0.2) is 34.5 Å². The Hall–Kier alpha value is -1.17. The molecule has 0 saturated heterocycles. The third-order valence-corrected chi connectivity index (χ3v) is 1.67. The van der Waals surface area contributed by atoms with Crippen LogP contribution in [0, 0.1) is 0 Å². The summed E-state index contributed by atoms with van der Waals surface area (Å²) in [5.74, 6) is -0.525. The summed E-state index contributed by atoms with van der Waals surface area (Å²) in [5, 5.41) is 7.81. The molecule has 0 unspecified atom stereocenters. The van der Waals surface area contributed by atoms with E-state index >= 15 is 0 Å². The van der Waals surface area contributed by atoms with Crippen LogP contribution in [0.1, 0.15) is 10.5 Å². The Bertz CT molecular complexity index is 275. The lowest BCUT2D eigenvalue weighted by Gasteiger charge is -1.96. The number of aromatic nitrogens is 3. The summed E-state index contributed by atoms with van der Waals surface area (Å²) in [5.41, 5.74) is 0.121. The van der Waals surface area contributed by atoms with Crippen molar-refractivity contribution in [2.45, 2.75) is 5.16 Å². The van der Waals surface area contributed by atoms with Crippen LogP contribution in [0.4, 0.5) is 0 Å². The largest absolute Gasteiger partial charge is 0.464 e. The number of nitrogens with zero attached hydrogens (tertiary/aromatic N) is 3. The van der Waals surface area contributed by atoms with E-state index in [9.17, 15) is 4.79 Å². The van der Waals surface area contributed by atoms with Gasteiger partial charge in [-0.3, -0.25) is 0 Å². The van der Waals surface area contributed by atoms with Crippen molar-refractivity contribution < 1.29 is 9.53 Å². The molecule has 0 fully saturated rings. The molecular weight excluding hydrogens is 178 g/mol. The van der Waals surface area contributed by atoms with Crippen molar-refractivity contribution >= 4 is 17.7 Å². The second-order valence-electron chi connectivity index (χ2n) is 1.82. The Kier molecular flexibility index (Phi) is 2.98. The van der Waals surface area contributed by atoms with E-state index in [-0.39, 0.29) is 5.69 Å². The first kappa shape index (κ1) is 8.92. The zero-order valence-electron chi connectivity index (χ0n) is 6.64. The van der Waals surface area contributed by atoms with Gasteiger partial charge in [0.05, 0.1) is 13.3 Å². The molecule has 0 aliphatic rings. The molecule has 1 aromatic heterocycles. The molecular formula is C6H7N3O2S. The van der Waals surface area contributed by atoms with Gasteiger partial charge in [-0.2, -0.15) is 0 Å². The predicted molar refractivity (Wildman–Crippen MR) is 42.9 cm³/mol. The van der Waals surface area contributed by atoms with Gasteiger partial charge >= 0.3 is 5.97 Å². The van der Waals surface area contributed by atoms with Crippen molar-refractivity contribution in [1.29, 1.82) is 0 Å². The highest BCUT2D eigenvalue weighted by atomic mass is 32.2. The highest BCUT2D eigenvalue weighted by Crippen LogP contribution is 2.04. The van der Waals surface area contributed by atoms with Gasteiger partial charge in [-0.1, -0.05) is 11.8 Å². The van der Waals surface area contributed by atoms with E-state index in [1.54, 1.807) is 0 Å². The van der Waals surface area contributed by atoms with Gasteiger partial charge in [-0.15, -0.1) is 10.2 Å². The first-order valence-corrected chi connectivity index (χ1v) is 4.32. The third kappa shape index (κ3) is 1.91. The Labute approximate surface area is 73.6 Å². The molecule has 0 amide bonds. The number of hydrogen-bond donors (Lipinski definition) is 0. The fraction of sp³-hybridized carbons (Fsp3) is 0.333. The normalized spacial score (nSPS) is 9.50. The van der Waals surface area contributed by atoms with E-state index in [1.807, 2.05) is 6.26 Å². The topological polar surface area (TPSA) is 65.0 Å². The number of rotatable bonds is 2. The maximum absolute atomic E-state index is 10.8. The zero-order chi connectivity index (χ0) is 8.97. The standard InChI is InChI=1S/C6H7N3O2S/c1-11-5(10)4-3-7-6(12-2)9-8-4/h3H,1-2H3. The van der Waals surface area contributed by atoms with Crippen LogP contribution in [0.15, 0.2) is 11.4 Å². The lowest BCUT2D eigenvalue weighted by Crippen LogP contribution is -2.06. The molecule has 0 aliphatic heterocycles. The Balaban J connectivity index is 2.84. The fourth-order valence-corrected chi connectivity index (χ4v) is 0.837. The molecule has 1 rings (SSSR count). The van der Waals surface area contributed by atoms with E-state index in [0.29, 0.717) is 5.16 Å². The van der Waals surface area contributed by atoms with Gasteiger partial charge in [0, 0.05) is 0 Å². The summed E-state index contributed by atoms with van der Waals surface area (Å²) in [6.07, 6.45) is 3.17. The molecule has 0 spiro atoms. The molecule has 0 saturated carbocycles. The first-order valence-electron chi connectivity index (χ1n) is 3.10. The number of thioether (sulfide) groups is 1. The van der Waals surface area contributed by atoms with Crippen molar-refractivity contribution in [2.24, 2.45) is 0 Å². The molecule has 0 aromatic carbocycles. The number of esters is 1. The van der Waals surface area contributed by atoms with E-state index in [1.165, 1.54) is 25.1 Å². The minimum atomic E-state index is -0.525. The number of carbonyl (C=O) groups excluding carboxylic acids is 1. The van der Waals surface area contributed by atoms with Crippen LogP contribution in [-0.2, 0) is 4.74 Å². The van der Waals surface area contributed by atoms with E-state index in [4.69, 9.17) is 0 Å². The number of methoxy groups -OCH3 is 1. The van der Waals surface area contributed by atoms with Crippen molar-refractivity contribution in [1.82, 2.24) is 15.2 Å². The molecule has 5 nitrogen and oxygen atoms in total. The van der Waals surface area contributed by atoms with Crippen molar-refractivity contribution in [3.8, 4) is 0 Å². The number of hydrogen-bond acceptors (Lipinski definition) is 6. The third-order valence-electron chi connectivity index (χ3n) is 1.12. The molecule has 1 aromatic rings. The zero-order valence-corrected chi connectivity index (χ0v) is 7.46.